The summed E-state index contributed by atoms with van der Waals surface area (Å²) < 4.78 is 26.8. The van der Waals surface area contributed by atoms with Crippen molar-refractivity contribution in [2.75, 3.05) is 24.6 Å². The lowest BCUT2D eigenvalue weighted by Crippen LogP contribution is -2.44. The van der Waals surface area contributed by atoms with Gasteiger partial charge in [0, 0.05) is 13.1 Å². The number of ether oxygens (including phenoxy) is 1. The summed E-state index contributed by atoms with van der Waals surface area (Å²) in [5.41, 5.74) is -0.693. The highest BCUT2D eigenvalue weighted by molar-refractivity contribution is 7.91. The first kappa shape index (κ1) is 11.6. The molecule has 0 N–H and O–H groups in total. The molecule has 1 unspecified atom stereocenters. The van der Waals surface area contributed by atoms with Gasteiger partial charge in [-0.2, -0.15) is 0 Å². The number of amides is 1. The number of halogens is 1. The molecule has 0 aliphatic carbocycles. The van der Waals surface area contributed by atoms with E-state index in [1.54, 1.807) is 0 Å². The van der Waals surface area contributed by atoms with Crippen LogP contribution in [0.5, 0.6) is 0 Å². The van der Waals surface area contributed by atoms with Crippen LogP contribution in [0.3, 0.4) is 0 Å². The second kappa shape index (κ2) is 4.35. The van der Waals surface area contributed by atoms with Crippen LogP contribution in [-0.2, 0) is 14.6 Å². The number of nitrogens with zero attached hydrogens (tertiary/aromatic N) is 1. The summed E-state index contributed by atoms with van der Waals surface area (Å²) in [5.74, 6) is -0.00245. The van der Waals surface area contributed by atoms with Crippen LogP contribution in [0.25, 0.3) is 0 Å². The van der Waals surface area contributed by atoms with Crippen molar-refractivity contribution in [1.82, 2.24) is 4.90 Å². The van der Waals surface area contributed by atoms with Crippen LogP contribution in [0, 0.1) is 0 Å². The number of alkyl halides is 1. The Labute approximate surface area is 87.9 Å². The third kappa shape index (κ3) is 3.34. The van der Waals surface area contributed by atoms with E-state index in [0.29, 0.717) is 0 Å². The second-order valence-electron chi connectivity index (χ2n) is 3.07. The zero-order chi connectivity index (χ0) is 10.8. The summed E-state index contributed by atoms with van der Waals surface area (Å²) in [5, 5.41) is 0. The van der Waals surface area contributed by atoms with Crippen molar-refractivity contribution in [3.8, 4) is 0 Å². The summed E-state index contributed by atoms with van der Waals surface area (Å²) in [4.78, 5) is 12.6. The maximum atomic E-state index is 11.2. The summed E-state index contributed by atoms with van der Waals surface area (Å²) >= 11 is 5.46. The number of rotatable bonds is 1. The van der Waals surface area contributed by atoms with Crippen LogP contribution >= 0.6 is 11.6 Å². The van der Waals surface area contributed by atoms with Gasteiger partial charge in [-0.25, -0.2) is 13.2 Å². The predicted molar refractivity (Wildman–Crippen MR) is 52.0 cm³/mol. The largest absolute Gasteiger partial charge is 0.430 e. The molecule has 1 amide bonds. The van der Waals surface area contributed by atoms with Gasteiger partial charge in [-0.1, -0.05) is 11.6 Å². The lowest BCUT2D eigenvalue weighted by Gasteiger charge is -2.26. The molecule has 0 aromatic rings. The molecule has 0 aromatic heterocycles. The van der Waals surface area contributed by atoms with Crippen LogP contribution in [0.15, 0.2) is 0 Å². The van der Waals surface area contributed by atoms with Gasteiger partial charge in [0.2, 0.25) is 0 Å². The van der Waals surface area contributed by atoms with E-state index in [2.05, 4.69) is 0 Å². The van der Waals surface area contributed by atoms with Gasteiger partial charge in [0.15, 0.2) is 15.4 Å². The number of carbonyl (C=O) groups excluding carboxylic acids is 1. The molecule has 1 saturated heterocycles. The average Bonchev–Trinajstić information content (AvgIpc) is 2.02. The van der Waals surface area contributed by atoms with Crippen LogP contribution in [0.4, 0.5) is 4.79 Å². The minimum Gasteiger partial charge on any atom is -0.430 e. The molecule has 1 rings (SSSR count). The number of carbonyl (C=O) groups is 1. The number of hydrogen-bond acceptors (Lipinski definition) is 4. The molecule has 0 bridgehead atoms. The highest BCUT2D eigenvalue weighted by atomic mass is 35.5. The van der Waals surface area contributed by atoms with Gasteiger partial charge in [-0.3, -0.25) is 0 Å². The normalized spacial score (nSPS) is 22.9. The smallest absolute Gasteiger partial charge is 0.411 e. The molecule has 0 aromatic carbocycles. The Morgan fingerprint density at radius 2 is 1.93 bits per heavy atom. The fraction of sp³-hybridized carbons (Fsp3) is 0.857. The molecule has 14 heavy (non-hydrogen) atoms. The van der Waals surface area contributed by atoms with Gasteiger partial charge in [0.05, 0.1) is 11.5 Å². The Kier molecular flexibility index (Phi) is 3.60. The molecule has 82 valence electrons. The average molecular weight is 242 g/mol. The maximum Gasteiger partial charge on any atom is 0.411 e. The van der Waals surface area contributed by atoms with E-state index in [1.807, 2.05) is 0 Å². The number of hydrogen-bond donors (Lipinski definition) is 0. The maximum absolute atomic E-state index is 11.2. The van der Waals surface area contributed by atoms with Crippen LogP contribution in [0.2, 0.25) is 0 Å². The van der Waals surface area contributed by atoms with Crippen molar-refractivity contribution in [2.45, 2.75) is 12.5 Å². The van der Waals surface area contributed by atoms with Crippen molar-refractivity contribution in [3.05, 3.63) is 0 Å². The molecule has 0 saturated carbocycles. The van der Waals surface area contributed by atoms with Crippen molar-refractivity contribution in [3.63, 3.8) is 0 Å². The van der Waals surface area contributed by atoms with Gasteiger partial charge in [-0.05, 0) is 6.92 Å². The van der Waals surface area contributed by atoms with Crippen LogP contribution in [-0.4, -0.2) is 49.6 Å². The molecule has 1 aliphatic rings. The van der Waals surface area contributed by atoms with Gasteiger partial charge >= 0.3 is 6.09 Å². The van der Waals surface area contributed by atoms with Gasteiger partial charge in [0.25, 0.3) is 0 Å². The lowest BCUT2D eigenvalue weighted by atomic mass is 10.5. The van der Waals surface area contributed by atoms with Gasteiger partial charge in [0.1, 0.15) is 0 Å². The Bertz CT molecular complexity index is 300. The SMILES string of the molecule is CC(Cl)OC(=O)N1CCS(=O)(=O)CC1. The molecular weight excluding hydrogens is 230 g/mol. The van der Waals surface area contributed by atoms with Gasteiger partial charge < -0.3 is 9.64 Å². The molecular formula is C7H12ClNO4S. The van der Waals surface area contributed by atoms with E-state index < -0.39 is 21.5 Å². The Hall–Kier alpha value is -0.490. The zero-order valence-electron chi connectivity index (χ0n) is 7.77. The molecule has 7 heteroatoms. The van der Waals surface area contributed by atoms with E-state index in [9.17, 15) is 13.2 Å². The summed E-state index contributed by atoms with van der Waals surface area (Å²) in [6.07, 6.45) is -0.553. The molecule has 5 nitrogen and oxygen atoms in total. The first-order valence-corrected chi connectivity index (χ1v) is 6.46. The highest BCUT2D eigenvalue weighted by Crippen LogP contribution is 2.07. The van der Waals surface area contributed by atoms with Crippen molar-refractivity contribution in [2.24, 2.45) is 0 Å². The molecule has 1 fully saturated rings. The highest BCUT2D eigenvalue weighted by Gasteiger charge is 2.26. The Morgan fingerprint density at radius 1 is 1.43 bits per heavy atom. The summed E-state index contributed by atoms with van der Waals surface area (Å²) in [6, 6.07) is 0. The Balaban J connectivity index is 2.46. The standard InChI is InChI=1S/C7H12ClNO4S/c1-6(8)13-7(10)9-2-4-14(11,12)5-3-9/h6H,2-5H2,1H3. The quantitative estimate of drug-likeness (QED) is 0.625. The first-order valence-electron chi connectivity index (χ1n) is 4.21. The molecule has 0 radical (unpaired) electrons. The molecule has 1 heterocycles. The van der Waals surface area contributed by atoms with E-state index in [4.69, 9.17) is 16.3 Å². The monoisotopic (exact) mass is 241 g/mol. The van der Waals surface area contributed by atoms with E-state index in [0.717, 1.165) is 0 Å². The minimum absolute atomic E-state index is 0.00122. The topological polar surface area (TPSA) is 63.7 Å². The summed E-state index contributed by atoms with van der Waals surface area (Å²) in [6.45, 7) is 1.90. The van der Waals surface area contributed by atoms with Crippen LogP contribution in [0.1, 0.15) is 6.92 Å². The predicted octanol–water partition coefficient (Wildman–Crippen LogP) is 0.438. The third-order valence-corrected chi connectivity index (χ3v) is 3.56. The minimum atomic E-state index is -2.96. The Morgan fingerprint density at radius 3 is 2.36 bits per heavy atom. The summed E-state index contributed by atoms with van der Waals surface area (Å²) in [7, 11) is -2.96. The van der Waals surface area contributed by atoms with Gasteiger partial charge in [-0.15, -0.1) is 0 Å². The van der Waals surface area contributed by atoms with Crippen molar-refractivity contribution < 1.29 is 17.9 Å². The first-order chi connectivity index (χ1) is 6.41. The molecule has 1 atom stereocenters. The molecule has 0 spiro atoms. The second-order valence-corrected chi connectivity index (χ2v) is 5.98. The number of sulfone groups is 1. The van der Waals surface area contributed by atoms with Crippen molar-refractivity contribution >= 4 is 27.5 Å². The van der Waals surface area contributed by atoms with Crippen LogP contribution < -0.4 is 0 Å². The lowest BCUT2D eigenvalue weighted by molar-refractivity contribution is 0.0988. The zero-order valence-corrected chi connectivity index (χ0v) is 9.34. The van der Waals surface area contributed by atoms with Crippen molar-refractivity contribution in [1.29, 1.82) is 0 Å². The fourth-order valence-corrected chi connectivity index (χ4v) is 2.39. The third-order valence-electron chi connectivity index (χ3n) is 1.87. The molecule has 1 aliphatic heterocycles. The fourth-order valence-electron chi connectivity index (χ4n) is 1.11. The van der Waals surface area contributed by atoms with E-state index in [-0.39, 0.29) is 24.6 Å². The van der Waals surface area contributed by atoms with E-state index in [1.165, 1.54) is 11.8 Å². The van der Waals surface area contributed by atoms with E-state index >= 15 is 0 Å².